The van der Waals surface area contributed by atoms with Crippen LogP contribution in [-0.4, -0.2) is 54.2 Å². The first-order valence-corrected chi connectivity index (χ1v) is 13.3. The highest BCUT2D eigenvalue weighted by Crippen LogP contribution is 2.39. The van der Waals surface area contributed by atoms with Crippen molar-refractivity contribution in [2.24, 2.45) is 7.05 Å². The molecule has 200 valence electrons. The van der Waals surface area contributed by atoms with Crippen LogP contribution >= 0.6 is 0 Å². The standard InChI is InChI=1S/C29H32N8O2/c1-29(2,3)39-28(38)34-22-10-23-6-7-24(11-22)37(23)26-8-5-18(13-31-26)25-9-19(21-15-32-35(4)16-21)17-36-27(25)20(12-30)14-33-36/h5,8-9,13-17,22-24H,6-7,10-11H2,1-4H3,(H,34,38)/t22-,23-,24+. The van der Waals surface area contributed by atoms with Crippen LogP contribution in [0.15, 0.2) is 49.2 Å². The van der Waals surface area contributed by atoms with Gasteiger partial charge in [-0.25, -0.2) is 14.3 Å². The van der Waals surface area contributed by atoms with Crippen LogP contribution < -0.4 is 10.2 Å². The molecular formula is C29H32N8O2. The summed E-state index contributed by atoms with van der Waals surface area (Å²) >= 11 is 0. The second kappa shape index (κ2) is 9.42. The number of nitriles is 1. The molecule has 1 N–H and O–H groups in total. The summed E-state index contributed by atoms with van der Waals surface area (Å²) in [4.78, 5) is 19.6. The van der Waals surface area contributed by atoms with Gasteiger partial charge in [-0.2, -0.15) is 15.5 Å². The summed E-state index contributed by atoms with van der Waals surface area (Å²) in [7, 11) is 1.89. The monoisotopic (exact) mass is 524 g/mol. The lowest BCUT2D eigenvalue weighted by Gasteiger charge is -2.40. The fourth-order valence-electron chi connectivity index (χ4n) is 5.99. The Morgan fingerprint density at radius 3 is 2.44 bits per heavy atom. The predicted molar refractivity (Wildman–Crippen MR) is 147 cm³/mol. The van der Waals surface area contributed by atoms with Crippen LogP contribution in [0, 0.1) is 11.3 Å². The molecule has 0 unspecified atom stereocenters. The molecule has 2 aliphatic heterocycles. The van der Waals surface area contributed by atoms with E-state index < -0.39 is 5.60 Å². The summed E-state index contributed by atoms with van der Waals surface area (Å²) in [5.41, 5.74) is 4.51. The number of alkyl carbamates (subject to hydrolysis) is 1. The number of nitrogens with one attached hydrogen (secondary N) is 1. The molecule has 6 rings (SSSR count). The number of rotatable bonds is 4. The van der Waals surface area contributed by atoms with Crippen molar-refractivity contribution in [2.75, 3.05) is 4.90 Å². The molecule has 3 atom stereocenters. The summed E-state index contributed by atoms with van der Waals surface area (Å²) in [5.74, 6) is 0.940. The number of nitrogens with zero attached hydrogens (tertiary/aromatic N) is 7. The zero-order chi connectivity index (χ0) is 27.3. The number of anilines is 1. The molecule has 2 aliphatic rings. The van der Waals surface area contributed by atoms with Gasteiger partial charge in [-0.3, -0.25) is 4.68 Å². The van der Waals surface area contributed by atoms with Gasteiger partial charge in [0.2, 0.25) is 0 Å². The van der Waals surface area contributed by atoms with Crippen LogP contribution in [0.1, 0.15) is 52.0 Å². The molecule has 0 radical (unpaired) electrons. The lowest BCUT2D eigenvalue weighted by molar-refractivity contribution is 0.0492. The summed E-state index contributed by atoms with van der Waals surface area (Å²) in [5, 5.41) is 21.5. The van der Waals surface area contributed by atoms with E-state index >= 15 is 0 Å². The Hall–Kier alpha value is -4.39. The maximum atomic E-state index is 12.3. The fraction of sp³-hybridized carbons (Fsp3) is 0.414. The Morgan fingerprint density at radius 1 is 1.05 bits per heavy atom. The van der Waals surface area contributed by atoms with Gasteiger partial charge < -0.3 is 15.0 Å². The summed E-state index contributed by atoms with van der Waals surface area (Å²) in [6, 6.07) is 9.23. The van der Waals surface area contributed by atoms with E-state index in [1.165, 1.54) is 0 Å². The van der Waals surface area contributed by atoms with E-state index in [-0.39, 0.29) is 12.1 Å². The quantitative estimate of drug-likeness (QED) is 0.412. The largest absolute Gasteiger partial charge is 0.444 e. The number of aryl methyl sites for hydroxylation is 1. The van der Waals surface area contributed by atoms with Crippen molar-refractivity contribution in [3.05, 3.63) is 54.7 Å². The molecule has 0 aromatic carbocycles. The van der Waals surface area contributed by atoms with E-state index in [1.807, 2.05) is 52.6 Å². The number of aromatic nitrogens is 5. The van der Waals surface area contributed by atoms with Crippen LogP contribution in [0.5, 0.6) is 0 Å². The minimum Gasteiger partial charge on any atom is -0.444 e. The van der Waals surface area contributed by atoms with Crippen LogP contribution in [0.2, 0.25) is 0 Å². The van der Waals surface area contributed by atoms with Gasteiger partial charge in [-0.05, 0) is 64.7 Å². The SMILES string of the molecule is Cn1cc(-c2cc(-c3ccc(N4[C@@H]5CC[C@H]4C[C@H](NC(=O)OC(C)(C)C)C5)nc3)c3c(C#N)cnn3c2)cn1. The van der Waals surface area contributed by atoms with Gasteiger partial charge in [0, 0.05) is 66.0 Å². The van der Waals surface area contributed by atoms with Crippen LogP contribution in [0.4, 0.5) is 10.6 Å². The minimum absolute atomic E-state index is 0.0997. The molecule has 10 heteroatoms. The zero-order valence-electron chi connectivity index (χ0n) is 22.6. The molecule has 2 saturated heterocycles. The molecule has 0 spiro atoms. The number of piperidine rings is 1. The first-order valence-electron chi connectivity index (χ1n) is 13.3. The van der Waals surface area contributed by atoms with E-state index in [0.717, 1.165) is 59.3 Å². The molecule has 0 aliphatic carbocycles. The van der Waals surface area contributed by atoms with Crippen molar-refractivity contribution in [2.45, 2.75) is 70.2 Å². The van der Waals surface area contributed by atoms with E-state index in [4.69, 9.17) is 9.72 Å². The van der Waals surface area contributed by atoms with Crippen molar-refractivity contribution in [1.82, 2.24) is 29.7 Å². The molecular weight excluding hydrogens is 492 g/mol. The van der Waals surface area contributed by atoms with Crippen LogP contribution in [0.3, 0.4) is 0 Å². The number of pyridine rings is 2. The fourth-order valence-corrected chi connectivity index (χ4v) is 5.99. The first kappa shape index (κ1) is 24.9. The molecule has 10 nitrogen and oxygen atoms in total. The van der Waals surface area contributed by atoms with E-state index in [1.54, 1.807) is 15.4 Å². The van der Waals surface area contributed by atoms with Crippen LogP contribution in [-0.2, 0) is 11.8 Å². The minimum atomic E-state index is -0.510. The maximum Gasteiger partial charge on any atom is 0.407 e. The number of fused-ring (bicyclic) bond motifs is 3. The predicted octanol–water partition coefficient (Wildman–Crippen LogP) is 4.69. The number of amides is 1. The third kappa shape index (κ3) is 4.80. The van der Waals surface area contributed by atoms with Gasteiger partial charge in [-0.1, -0.05) is 0 Å². The molecule has 4 aromatic rings. The van der Waals surface area contributed by atoms with Crippen molar-refractivity contribution < 1.29 is 9.53 Å². The van der Waals surface area contributed by atoms with Crippen molar-refractivity contribution in [1.29, 1.82) is 5.26 Å². The zero-order valence-corrected chi connectivity index (χ0v) is 22.6. The number of hydrogen-bond acceptors (Lipinski definition) is 7. The van der Waals surface area contributed by atoms with Gasteiger partial charge >= 0.3 is 6.09 Å². The van der Waals surface area contributed by atoms with Gasteiger partial charge in [-0.15, -0.1) is 0 Å². The van der Waals surface area contributed by atoms with Crippen molar-refractivity contribution >= 4 is 17.4 Å². The highest BCUT2D eigenvalue weighted by atomic mass is 16.6. The smallest absolute Gasteiger partial charge is 0.407 e. The van der Waals surface area contributed by atoms with Gasteiger partial charge in [0.15, 0.2) is 0 Å². The summed E-state index contributed by atoms with van der Waals surface area (Å²) < 4.78 is 8.99. The molecule has 0 saturated carbocycles. The summed E-state index contributed by atoms with van der Waals surface area (Å²) in [6.45, 7) is 5.63. The number of carbonyl (C=O) groups excluding carboxylic acids is 1. The molecule has 1 amide bonds. The number of ether oxygens (including phenoxy) is 1. The van der Waals surface area contributed by atoms with Gasteiger partial charge in [0.25, 0.3) is 0 Å². The van der Waals surface area contributed by atoms with E-state index in [2.05, 4.69) is 44.7 Å². The lowest BCUT2D eigenvalue weighted by Crippen LogP contribution is -2.51. The molecule has 6 heterocycles. The third-order valence-corrected chi connectivity index (χ3v) is 7.55. The Balaban J connectivity index is 1.26. The Morgan fingerprint density at radius 2 is 1.82 bits per heavy atom. The van der Waals surface area contributed by atoms with E-state index in [0.29, 0.717) is 17.6 Å². The van der Waals surface area contributed by atoms with Crippen molar-refractivity contribution in [3.8, 4) is 28.3 Å². The number of carbonyl (C=O) groups is 1. The Bertz CT molecular complexity index is 1560. The van der Waals surface area contributed by atoms with E-state index in [9.17, 15) is 10.1 Å². The lowest BCUT2D eigenvalue weighted by atomic mass is 9.97. The average molecular weight is 525 g/mol. The molecule has 2 bridgehead atoms. The Kier molecular flexibility index (Phi) is 6.02. The normalized spacial score (nSPS) is 20.7. The maximum absolute atomic E-state index is 12.3. The highest BCUT2D eigenvalue weighted by Gasteiger charge is 2.42. The second-order valence-corrected chi connectivity index (χ2v) is 11.5. The first-order chi connectivity index (χ1) is 18.7. The Labute approximate surface area is 227 Å². The van der Waals surface area contributed by atoms with Gasteiger partial charge in [0.05, 0.1) is 23.5 Å². The molecule has 4 aromatic heterocycles. The number of hydrogen-bond donors (Lipinski definition) is 1. The second-order valence-electron chi connectivity index (χ2n) is 11.5. The third-order valence-electron chi connectivity index (χ3n) is 7.55. The van der Waals surface area contributed by atoms with Gasteiger partial charge in [0.1, 0.15) is 17.5 Å². The van der Waals surface area contributed by atoms with Crippen molar-refractivity contribution in [3.63, 3.8) is 0 Å². The average Bonchev–Trinajstić information content (AvgIpc) is 3.58. The summed E-state index contributed by atoms with van der Waals surface area (Å²) in [6.07, 6.45) is 12.7. The molecule has 39 heavy (non-hydrogen) atoms. The highest BCUT2D eigenvalue weighted by molar-refractivity contribution is 5.87. The molecule has 2 fully saturated rings. The van der Waals surface area contributed by atoms with Crippen LogP contribution in [0.25, 0.3) is 27.8 Å². The topological polar surface area (TPSA) is 113 Å².